The second-order valence-corrected chi connectivity index (χ2v) is 7.92. The van der Waals surface area contributed by atoms with E-state index < -0.39 is 0 Å². The SMILES string of the molecule is N#Cc1ccc(COc2c(C3CCC3)ccc(-c3cnc4c(c3)OCCN4)c2F)cc1. The fourth-order valence-corrected chi connectivity index (χ4v) is 3.98. The summed E-state index contributed by atoms with van der Waals surface area (Å²) in [6.45, 7) is 1.50. The number of pyridine rings is 1. The van der Waals surface area contributed by atoms with Crippen LogP contribution >= 0.6 is 0 Å². The lowest BCUT2D eigenvalue weighted by Crippen LogP contribution is -2.19. The molecule has 5 rings (SSSR count). The lowest BCUT2D eigenvalue weighted by Gasteiger charge is -2.28. The summed E-state index contributed by atoms with van der Waals surface area (Å²) < 4.78 is 27.4. The number of nitriles is 1. The number of rotatable bonds is 5. The first-order chi connectivity index (χ1) is 15.2. The van der Waals surface area contributed by atoms with Gasteiger partial charge in [-0.1, -0.05) is 30.7 Å². The molecule has 0 radical (unpaired) electrons. The van der Waals surface area contributed by atoms with Crippen LogP contribution in [0.4, 0.5) is 10.2 Å². The van der Waals surface area contributed by atoms with E-state index in [1.807, 2.05) is 30.3 Å². The summed E-state index contributed by atoms with van der Waals surface area (Å²) in [7, 11) is 0. The molecule has 1 aliphatic carbocycles. The summed E-state index contributed by atoms with van der Waals surface area (Å²) in [5.41, 5.74) is 3.50. The molecule has 31 heavy (non-hydrogen) atoms. The van der Waals surface area contributed by atoms with E-state index in [9.17, 15) is 0 Å². The summed E-state index contributed by atoms with van der Waals surface area (Å²) in [4.78, 5) is 4.39. The molecular formula is C25H22FN3O2. The highest BCUT2D eigenvalue weighted by atomic mass is 19.1. The van der Waals surface area contributed by atoms with E-state index in [1.54, 1.807) is 18.3 Å². The Hall–Kier alpha value is -3.59. The molecule has 0 unspecified atom stereocenters. The topological polar surface area (TPSA) is 67.2 Å². The van der Waals surface area contributed by atoms with E-state index in [2.05, 4.69) is 16.4 Å². The zero-order valence-corrected chi connectivity index (χ0v) is 17.0. The lowest BCUT2D eigenvalue weighted by atomic mass is 9.79. The standard InChI is InChI=1S/C25H22FN3O2/c26-23-20(19-12-22-25(29-14-19)28-10-11-30-22)8-9-21(18-2-1-3-18)24(23)31-15-17-6-4-16(13-27)5-7-17/h4-9,12,14,18H,1-3,10-11,15H2,(H,28,29). The number of ether oxygens (including phenoxy) is 2. The summed E-state index contributed by atoms with van der Waals surface area (Å²) in [5.74, 6) is 1.57. The smallest absolute Gasteiger partial charge is 0.173 e. The Bertz CT molecular complexity index is 1150. The maximum atomic E-state index is 15.7. The highest BCUT2D eigenvalue weighted by molar-refractivity contribution is 5.71. The van der Waals surface area contributed by atoms with Gasteiger partial charge in [0.25, 0.3) is 0 Å². The van der Waals surface area contributed by atoms with E-state index >= 15 is 4.39 Å². The monoisotopic (exact) mass is 415 g/mol. The van der Waals surface area contributed by atoms with Gasteiger partial charge in [-0.3, -0.25) is 0 Å². The van der Waals surface area contributed by atoms with Crippen molar-refractivity contribution in [2.75, 3.05) is 18.5 Å². The first kappa shape index (κ1) is 19.4. The van der Waals surface area contributed by atoms with Crippen molar-refractivity contribution in [3.63, 3.8) is 0 Å². The molecular weight excluding hydrogens is 393 g/mol. The maximum Gasteiger partial charge on any atom is 0.173 e. The van der Waals surface area contributed by atoms with Crippen molar-refractivity contribution in [1.82, 2.24) is 4.98 Å². The second-order valence-electron chi connectivity index (χ2n) is 7.92. The molecule has 0 spiro atoms. The van der Waals surface area contributed by atoms with Crippen LogP contribution in [0.1, 0.15) is 41.9 Å². The van der Waals surface area contributed by atoms with Gasteiger partial charge in [-0.2, -0.15) is 5.26 Å². The minimum atomic E-state index is -0.372. The number of hydrogen-bond acceptors (Lipinski definition) is 5. The predicted molar refractivity (Wildman–Crippen MR) is 116 cm³/mol. The molecule has 2 aromatic carbocycles. The van der Waals surface area contributed by atoms with Crippen molar-refractivity contribution in [2.24, 2.45) is 0 Å². The number of fused-ring (bicyclic) bond motifs is 1. The first-order valence-corrected chi connectivity index (χ1v) is 10.5. The molecule has 3 aromatic rings. The maximum absolute atomic E-state index is 15.7. The van der Waals surface area contributed by atoms with Crippen molar-refractivity contribution in [2.45, 2.75) is 31.8 Å². The third-order valence-electron chi connectivity index (χ3n) is 5.95. The van der Waals surface area contributed by atoms with Crippen LogP contribution in [-0.2, 0) is 6.61 Å². The van der Waals surface area contributed by atoms with Crippen LogP contribution in [0.25, 0.3) is 11.1 Å². The molecule has 6 heteroatoms. The Labute approximate surface area is 180 Å². The van der Waals surface area contributed by atoms with Crippen LogP contribution in [0.2, 0.25) is 0 Å². The molecule has 0 saturated heterocycles. The molecule has 0 atom stereocenters. The summed E-state index contributed by atoms with van der Waals surface area (Å²) >= 11 is 0. The fraction of sp³-hybridized carbons (Fsp3) is 0.280. The first-order valence-electron chi connectivity index (χ1n) is 10.5. The number of nitrogens with zero attached hydrogens (tertiary/aromatic N) is 2. The van der Waals surface area contributed by atoms with Gasteiger partial charge in [0.2, 0.25) is 0 Å². The largest absolute Gasteiger partial charge is 0.488 e. The highest BCUT2D eigenvalue weighted by Crippen LogP contribution is 2.44. The van der Waals surface area contributed by atoms with Gasteiger partial charge in [0.05, 0.1) is 18.2 Å². The number of anilines is 1. The number of hydrogen-bond donors (Lipinski definition) is 1. The molecule has 2 heterocycles. The zero-order chi connectivity index (χ0) is 21.2. The van der Waals surface area contributed by atoms with Crippen LogP contribution in [0, 0.1) is 17.1 Å². The average Bonchev–Trinajstić information content (AvgIpc) is 2.78. The van der Waals surface area contributed by atoms with E-state index in [0.717, 1.165) is 30.4 Å². The van der Waals surface area contributed by atoms with Gasteiger partial charge >= 0.3 is 0 Å². The van der Waals surface area contributed by atoms with Gasteiger partial charge in [0.1, 0.15) is 13.2 Å². The number of halogens is 1. The van der Waals surface area contributed by atoms with Crippen molar-refractivity contribution >= 4 is 5.82 Å². The van der Waals surface area contributed by atoms with Crippen LogP contribution in [-0.4, -0.2) is 18.1 Å². The molecule has 1 fully saturated rings. The average molecular weight is 415 g/mol. The fourth-order valence-electron chi connectivity index (χ4n) is 3.98. The Morgan fingerprint density at radius 3 is 2.77 bits per heavy atom. The summed E-state index contributed by atoms with van der Waals surface area (Å²) in [6.07, 6.45) is 4.91. The van der Waals surface area contributed by atoms with E-state index in [4.69, 9.17) is 14.7 Å². The molecule has 1 saturated carbocycles. The van der Waals surface area contributed by atoms with Crippen LogP contribution in [0.3, 0.4) is 0 Å². The van der Waals surface area contributed by atoms with Crippen LogP contribution < -0.4 is 14.8 Å². The van der Waals surface area contributed by atoms with Crippen molar-refractivity contribution in [1.29, 1.82) is 5.26 Å². The molecule has 1 aromatic heterocycles. The molecule has 0 amide bonds. The highest BCUT2D eigenvalue weighted by Gasteiger charge is 2.27. The second kappa shape index (κ2) is 8.27. The van der Waals surface area contributed by atoms with Crippen molar-refractivity contribution in [3.8, 4) is 28.7 Å². The minimum absolute atomic E-state index is 0.237. The molecule has 5 nitrogen and oxygen atoms in total. The summed E-state index contributed by atoms with van der Waals surface area (Å²) in [5, 5.41) is 12.1. The van der Waals surface area contributed by atoms with E-state index in [-0.39, 0.29) is 12.4 Å². The van der Waals surface area contributed by atoms with Gasteiger partial charge in [-0.25, -0.2) is 9.37 Å². The van der Waals surface area contributed by atoms with Gasteiger partial charge in [0, 0.05) is 22.9 Å². The number of nitrogens with one attached hydrogen (secondary N) is 1. The lowest BCUT2D eigenvalue weighted by molar-refractivity contribution is 0.279. The van der Waals surface area contributed by atoms with Crippen LogP contribution in [0.15, 0.2) is 48.7 Å². The Morgan fingerprint density at radius 1 is 1.19 bits per heavy atom. The molecule has 1 aliphatic heterocycles. The quantitative estimate of drug-likeness (QED) is 0.603. The van der Waals surface area contributed by atoms with Gasteiger partial charge in [0.15, 0.2) is 23.1 Å². The molecule has 1 N–H and O–H groups in total. The third kappa shape index (κ3) is 3.79. The van der Waals surface area contributed by atoms with Crippen molar-refractivity contribution in [3.05, 3.63) is 71.2 Å². The van der Waals surface area contributed by atoms with Gasteiger partial charge in [-0.15, -0.1) is 0 Å². The molecule has 156 valence electrons. The molecule has 2 aliphatic rings. The Morgan fingerprint density at radius 2 is 2.03 bits per heavy atom. The van der Waals surface area contributed by atoms with Crippen LogP contribution in [0.5, 0.6) is 11.5 Å². The number of aromatic nitrogens is 1. The van der Waals surface area contributed by atoms with E-state index in [1.165, 1.54) is 0 Å². The Kier molecular flexibility index (Phi) is 5.17. The zero-order valence-electron chi connectivity index (χ0n) is 17.0. The van der Waals surface area contributed by atoms with E-state index in [0.29, 0.717) is 53.1 Å². The van der Waals surface area contributed by atoms with Gasteiger partial charge < -0.3 is 14.8 Å². The summed E-state index contributed by atoms with van der Waals surface area (Å²) in [6, 6.07) is 14.9. The predicted octanol–water partition coefficient (Wildman–Crippen LogP) is 5.41. The third-order valence-corrected chi connectivity index (χ3v) is 5.95. The van der Waals surface area contributed by atoms with Crippen molar-refractivity contribution < 1.29 is 13.9 Å². The Balaban J connectivity index is 1.48. The molecule has 0 bridgehead atoms. The number of benzene rings is 2. The normalized spacial score (nSPS) is 15.1. The minimum Gasteiger partial charge on any atom is -0.488 e. The van der Waals surface area contributed by atoms with Gasteiger partial charge in [-0.05, 0) is 42.5 Å².